The minimum Gasteiger partial charge on any atom is -0.493 e. The van der Waals surface area contributed by atoms with E-state index in [1.165, 1.54) is 43.9 Å². The first-order chi connectivity index (χ1) is 16.1. The highest BCUT2D eigenvalue weighted by atomic mass is 32.2. The molecule has 6 heteroatoms. The molecule has 1 saturated heterocycles. The zero-order chi connectivity index (χ0) is 23.6. The number of thioether (sulfide) groups is 1. The number of benzene rings is 2. The van der Waals surface area contributed by atoms with Crippen molar-refractivity contribution in [2.45, 2.75) is 58.8 Å². The van der Waals surface area contributed by atoms with Crippen molar-refractivity contribution in [2.24, 2.45) is 0 Å². The Kier molecular flexibility index (Phi) is 9.82. The number of rotatable bonds is 12. The van der Waals surface area contributed by atoms with E-state index in [0.29, 0.717) is 21.6 Å². The van der Waals surface area contributed by atoms with Gasteiger partial charge < -0.3 is 9.47 Å². The van der Waals surface area contributed by atoms with Gasteiger partial charge in [0.15, 0.2) is 15.8 Å². The molecule has 33 heavy (non-hydrogen) atoms. The van der Waals surface area contributed by atoms with E-state index in [1.807, 2.05) is 48.5 Å². The van der Waals surface area contributed by atoms with Gasteiger partial charge in [-0.3, -0.25) is 9.69 Å². The topological polar surface area (TPSA) is 38.8 Å². The third kappa shape index (κ3) is 6.61. The largest absolute Gasteiger partial charge is 0.493 e. The van der Waals surface area contributed by atoms with Crippen LogP contribution < -0.4 is 14.4 Å². The van der Waals surface area contributed by atoms with Gasteiger partial charge in [0, 0.05) is 0 Å². The second-order valence-corrected chi connectivity index (χ2v) is 9.70. The minimum absolute atomic E-state index is 0.0896. The number of amides is 1. The Labute approximate surface area is 207 Å². The summed E-state index contributed by atoms with van der Waals surface area (Å²) >= 11 is 6.87. The summed E-state index contributed by atoms with van der Waals surface area (Å²) in [5, 5.41) is 0. The molecule has 0 aliphatic carbocycles. The number of thiocarbonyl (C=S) groups is 1. The van der Waals surface area contributed by atoms with Crippen LogP contribution in [0.15, 0.2) is 47.4 Å². The Hall–Kier alpha value is -2.31. The molecular weight excluding hydrogens is 450 g/mol. The van der Waals surface area contributed by atoms with Gasteiger partial charge in [0.1, 0.15) is 0 Å². The lowest BCUT2D eigenvalue weighted by atomic mass is 10.1. The van der Waals surface area contributed by atoms with Crippen LogP contribution in [0.3, 0.4) is 0 Å². The average Bonchev–Trinajstić information content (AvgIpc) is 3.11. The number of methoxy groups -OCH3 is 1. The number of unbranched alkanes of at least 4 members (excludes halogenated alkanes) is 5. The number of para-hydroxylation sites is 1. The number of aryl methyl sites for hydroxylation is 1. The molecule has 1 amide bonds. The van der Waals surface area contributed by atoms with E-state index in [9.17, 15) is 4.79 Å². The number of hydrogen-bond acceptors (Lipinski definition) is 5. The lowest BCUT2D eigenvalue weighted by Gasteiger charge is -2.18. The molecule has 2 aromatic rings. The molecule has 176 valence electrons. The summed E-state index contributed by atoms with van der Waals surface area (Å²) in [6.07, 6.45) is 10.0. The van der Waals surface area contributed by atoms with Gasteiger partial charge in [0.2, 0.25) is 0 Å². The lowest BCUT2D eigenvalue weighted by molar-refractivity contribution is -0.113. The van der Waals surface area contributed by atoms with Gasteiger partial charge in [-0.15, -0.1) is 0 Å². The van der Waals surface area contributed by atoms with Crippen molar-refractivity contribution in [2.75, 3.05) is 18.6 Å². The Morgan fingerprint density at radius 1 is 1.00 bits per heavy atom. The second-order valence-electron chi connectivity index (χ2n) is 8.03. The highest BCUT2D eigenvalue weighted by molar-refractivity contribution is 8.27. The van der Waals surface area contributed by atoms with Crippen LogP contribution >= 0.6 is 24.0 Å². The predicted molar refractivity (Wildman–Crippen MR) is 143 cm³/mol. The van der Waals surface area contributed by atoms with E-state index in [2.05, 4.69) is 13.8 Å². The molecule has 2 aromatic carbocycles. The Bertz CT molecular complexity index is 1000. The zero-order valence-corrected chi connectivity index (χ0v) is 21.4. The average molecular weight is 484 g/mol. The van der Waals surface area contributed by atoms with Crippen molar-refractivity contribution in [1.29, 1.82) is 0 Å². The molecule has 4 nitrogen and oxygen atoms in total. The first-order valence-corrected chi connectivity index (χ1v) is 13.0. The summed E-state index contributed by atoms with van der Waals surface area (Å²) in [6.45, 7) is 4.98. The minimum atomic E-state index is -0.0896. The fraction of sp³-hybridized carbons (Fsp3) is 0.407. The number of nitrogens with zero attached hydrogens (tertiary/aromatic N) is 1. The Morgan fingerprint density at radius 2 is 1.76 bits per heavy atom. The molecule has 1 aliphatic rings. The van der Waals surface area contributed by atoms with Crippen LogP contribution in [-0.2, 0) is 11.2 Å². The van der Waals surface area contributed by atoms with Gasteiger partial charge in [-0.05, 0) is 48.2 Å². The molecule has 0 bridgehead atoms. The van der Waals surface area contributed by atoms with Crippen molar-refractivity contribution < 1.29 is 14.3 Å². The summed E-state index contributed by atoms with van der Waals surface area (Å²) < 4.78 is 12.1. The molecule has 0 saturated carbocycles. The molecule has 0 unspecified atom stereocenters. The van der Waals surface area contributed by atoms with Gasteiger partial charge in [-0.1, -0.05) is 94.2 Å². The van der Waals surface area contributed by atoms with Gasteiger partial charge in [-0.2, -0.15) is 0 Å². The van der Waals surface area contributed by atoms with Crippen LogP contribution in [0.4, 0.5) is 5.69 Å². The summed E-state index contributed by atoms with van der Waals surface area (Å²) in [5.74, 6) is 1.31. The van der Waals surface area contributed by atoms with Gasteiger partial charge in [-0.25, -0.2) is 0 Å². The molecule has 0 aromatic heterocycles. The number of anilines is 1. The third-order valence-corrected chi connectivity index (χ3v) is 6.95. The predicted octanol–water partition coefficient (Wildman–Crippen LogP) is 7.40. The van der Waals surface area contributed by atoms with Crippen LogP contribution in [0.25, 0.3) is 6.08 Å². The summed E-state index contributed by atoms with van der Waals surface area (Å²) in [7, 11) is 1.64. The fourth-order valence-electron chi connectivity index (χ4n) is 3.81. The number of hydrogen-bond donors (Lipinski definition) is 0. The molecule has 0 radical (unpaired) electrons. The van der Waals surface area contributed by atoms with Crippen LogP contribution in [0.5, 0.6) is 11.5 Å². The summed E-state index contributed by atoms with van der Waals surface area (Å²) in [4.78, 5) is 15.4. The monoisotopic (exact) mass is 483 g/mol. The quantitative estimate of drug-likeness (QED) is 0.179. The lowest BCUT2D eigenvalue weighted by Crippen LogP contribution is -2.28. The van der Waals surface area contributed by atoms with E-state index < -0.39 is 0 Å². The van der Waals surface area contributed by atoms with E-state index in [0.717, 1.165) is 35.4 Å². The normalized spacial score (nSPS) is 14.9. The van der Waals surface area contributed by atoms with Crippen molar-refractivity contribution in [1.82, 2.24) is 0 Å². The first kappa shape index (κ1) is 25.3. The molecule has 3 rings (SSSR count). The number of carbonyl (C=O) groups excluding carboxylic acids is 1. The van der Waals surface area contributed by atoms with Crippen LogP contribution in [0.1, 0.15) is 63.5 Å². The third-order valence-electron chi connectivity index (χ3n) is 5.65. The van der Waals surface area contributed by atoms with E-state index in [1.54, 1.807) is 12.0 Å². The Morgan fingerprint density at radius 3 is 2.52 bits per heavy atom. The van der Waals surface area contributed by atoms with Crippen LogP contribution in [-0.4, -0.2) is 23.9 Å². The highest BCUT2D eigenvalue weighted by Gasteiger charge is 2.34. The maximum Gasteiger partial charge on any atom is 0.270 e. The zero-order valence-electron chi connectivity index (χ0n) is 19.8. The molecular formula is C27H33NO3S2. The maximum atomic E-state index is 13.2. The summed E-state index contributed by atoms with van der Waals surface area (Å²) in [5.41, 5.74) is 2.84. The molecule has 1 heterocycles. The standard InChI is InChI=1S/C27H33NO3S2/c1-4-6-7-8-9-12-17-31-23-16-15-20(18-24(23)30-3)19-25-26(29)28(27(32)33-25)22-14-11-10-13-21(22)5-2/h10-11,13-16,18-19H,4-9,12,17H2,1-3H3. The number of ether oxygens (including phenoxy) is 2. The molecule has 0 atom stereocenters. The van der Waals surface area contributed by atoms with E-state index >= 15 is 0 Å². The van der Waals surface area contributed by atoms with Crippen LogP contribution in [0, 0.1) is 0 Å². The second kappa shape index (κ2) is 12.8. The maximum absolute atomic E-state index is 13.2. The van der Waals surface area contributed by atoms with E-state index in [4.69, 9.17) is 21.7 Å². The molecule has 1 aliphatic heterocycles. The molecule has 0 spiro atoms. The molecule has 0 N–H and O–H groups in total. The first-order valence-electron chi connectivity index (χ1n) is 11.8. The van der Waals surface area contributed by atoms with Crippen molar-refractivity contribution in [3.05, 3.63) is 58.5 Å². The van der Waals surface area contributed by atoms with Crippen molar-refractivity contribution in [3.8, 4) is 11.5 Å². The highest BCUT2D eigenvalue weighted by Crippen LogP contribution is 2.38. The van der Waals surface area contributed by atoms with Crippen molar-refractivity contribution >= 4 is 46.0 Å². The fourth-order valence-corrected chi connectivity index (χ4v) is 5.10. The van der Waals surface area contributed by atoms with Gasteiger partial charge in [0.25, 0.3) is 5.91 Å². The van der Waals surface area contributed by atoms with Gasteiger partial charge in [0.05, 0.1) is 24.3 Å². The summed E-state index contributed by atoms with van der Waals surface area (Å²) in [6, 6.07) is 13.7. The SMILES string of the molecule is CCCCCCCCOc1ccc(C=C2SC(=S)N(c3ccccc3CC)C2=O)cc1OC. The van der Waals surface area contributed by atoms with Crippen molar-refractivity contribution in [3.63, 3.8) is 0 Å². The molecule has 1 fully saturated rings. The number of carbonyl (C=O) groups is 1. The Balaban J connectivity index is 1.68. The van der Waals surface area contributed by atoms with Gasteiger partial charge >= 0.3 is 0 Å². The van der Waals surface area contributed by atoms with Crippen LogP contribution in [0.2, 0.25) is 0 Å². The van der Waals surface area contributed by atoms with E-state index in [-0.39, 0.29) is 5.91 Å². The smallest absolute Gasteiger partial charge is 0.270 e.